The highest BCUT2D eigenvalue weighted by atomic mass is 35.5. The van der Waals surface area contributed by atoms with Crippen molar-refractivity contribution in [3.63, 3.8) is 0 Å². The summed E-state index contributed by atoms with van der Waals surface area (Å²) in [6.07, 6.45) is 0.777. The molecule has 20 heavy (non-hydrogen) atoms. The van der Waals surface area contributed by atoms with Gasteiger partial charge in [0, 0.05) is 6.42 Å². The van der Waals surface area contributed by atoms with E-state index in [0.29, 0.717) is 11.6 Å². The molecule has 1 atom stereocenters. The summed E-state index contributed by atoms with van der Waals surface area (Å²) in [6, 6.07) is 14.5. The average Bonchev–Trinajstić information content (AvgIpc) is 2.48. The predicted molar refractivity (Wildman–Crippen MR) is 77.7 cm³/mol. The highest BCUT2D eigenvalue weighted by molar-refractivity contribution is 6.33. The molecule has 1 aliphatic heterocycles. The van der Waals surface area contributed by atoms with Crippen LogP contribution in [0, 0.1) is 5.82 Å². The third-order valence-electron chi connectivity index (χ3n) is 3.26. The van der Waals surface area contributed by atoms with Gasteiger partial charge in [-0.2, -0.15) is 0 Å². The Morgan fingerprint density at radius 1 is 1.10 bits per heavy atom. The summed E-state index contributed by atoms with van der Waals surface area (Å²) in [4.78, 5) is 4.51. The molecule has 0 saturated carbocycles. The first-order valence-corrected chi connectivity index (χ1v) is 6.83. The van der Waals surface area contributed by atoms with Gasteiger partial charge in [-0.3, -0.25) is 0 Å². The molecule has 0 fully saturated rings. The molecule has 0 amide bonds. The van der Waals surface area contributed by atoms with Crippen LogP contribution < -0.4 is 0 Å². The molecule has 1 heterocycles. The molecule has 0 aromatic heterocycles. The molecule has 2 aromatic rings. The van der Waals surface area contributed by atoms with E-state index in [4.69, 9.17) is 16.3 Å². The van der Waals surface area contributed by atoms with Gasteiger partial charge in [-0.05, 0) is 17.7 Å². The van der Waals surface area contributed by atoms with Crippen molar-refractivity contribution in [3.8, 4) is 0 Å². The number of aliphatic imine (C=N–C) groups is 1. The predicted octanol–water partition coefficient (Wildman–Crippen LogP) is 4.39. The fourth-order valence-electron chi connectivity index (χ4n) is 2.27. The Bertz CT molecular complexity index is 622. The second-order valence-corrected chi connectivity index (χ2v) is 5.00. The molecule has 3 rings (SSSR count). The van der Waals surface area contributed by atoms with Gasteiger partial charge < -0.3 is 4.74 Å². The molecule has 0 spiro atoms. The summed E-state index contributed by atoms with van der Waals surface area (Å²) in [5.41, 5.74) is 1.34. The molecule has 0 aliphatic carbocycles. The zero-order valence-electron chi connectivity index (χ0n) is 10.7. The minimum Gasteiger partial charge on any atom is -0.477 e. The van der Waals surface area contributed by atoms with E-state index in [1.54, 1.807) is 12.1 Å². The van der Waals surface area contributed by atoms with Gasteiger partial charge in [0.15, 0.2) is 0 Å². The van der Waals surface area contributed by atoms with Crippen LogP contribution in [0.3, 0.4) is 0 Å². The summed E-state index contributed by atoms with van der Waals surface area (Å²) >= 11 is 6.06. The highest BCUT2D eigenvalue weighted by Crippen LogP contribution is 2.29. The minimum absolute atomic E-state index is 0.0179. The number of ether oxygens (including phenoxy) is 1. The average molecular weight is 290 g/mol. The first kappa shape index (κ1) is 13.1. The quantitative estimate of drug-likeness (QED) is 0.803. The van der Waals surface area contributed by atoms with E-state index in [1.807, 2.05) is 30.3 Å². The Morgan fingerprint density at radius 3 is 2.65 bits per heavy atom. The fraction of sp³-hybridized carbons (Fsp3) is 0.188. The molecular formula is C16H13ClFNO. The molecule has 0 radical (unpaired) electrons. The van der Waals surface area contributed by atoms with Gasteiger partial charge in [-0.25, -0.2) is 9.38 Å². The first-order chi connectivity index (χ1) is 9.75. The Balaban J connectivity index is 2.00. The Hall–Kier alpha value is -1.87. The van der Waals surface area contributed by atoms with Crippen LogP contribution >= 0.6 is 11.6 Å². The number of nitrogens with zero attached hydrogens (tertiary/aromatic N) is 1. The zero-order chi connectivity index (χ0) is 13.9. The smallest absolute Gasteiger partial charge is 0.221 e. The van der Waals surface area contributed by atoms with Crippen molar-refractivity contribution in [1.82, 2.24) is 0 Å². The molecule has 2 aromatic carbocycles. The van der Waals surface area contributed by atoms with Crippen molar-refractivity contribution in [1.29, 1.82) is 0 Å². The van der Waals surface area contributed by atoms with Crippen LogP contribution in [0.2, 0.25) is 5.02 Å². The van der Waals surface area contributed by atoms with Gasteiger partial charge in [0.1, 0.15) is 5.82 Å². The van der Waals surface area contributed by atoms with Gasteiger partial charge in [0.25, 0.3) is 0 Å². The lowest BCUT2D eigenvalue weighted by Gasteiger charge is -2.22. The molecule has 4 heteroatoms. The third-order valence-corrected chi connectivity index (χ3v) is 3.58. The van der Waals surface area contributed by atoms with Gasteiger partial charge in [0.05, 0.1) is 23.2 Å². The Kier molecular flexibility index (Phi) is 3.70. The molecule has 2 nitrogen and oxygen atoms in total. The number of halogens is 2. The van der Waals surface area contributed by atoms with E-state index in [-0.39, 0.29) is 17.5 Å². The van der Waals surface area contributed by atoms with Crippen LogP contribution in [0.4, 0.5) is 4.39 Å². The number of benzene rings is 2. The molecule has 102 valence electrons. The number of hydrogen-bond acceptors (Lipinski definition) is 2. The molecule has 1 aliphatic rings. The van der Waals surface area contributed by atoms with Crippen LogP contribution in [-0.4, -0.2) is 12.5 Å². The summed E-state index contributed by atoms with van der Waals surface area (Å²) in [7, 11) is 0. The topological polar surface area (TPSA) is 21.6 Å². The maximum absolute atomic E-state index is 13.9. The number of hydrogen-bond donors (Lipinski definition) is 0. The highest BCUT2D eigenvalue weighted by Gasteiger charge is 2.22. The maximum Gasteiger partial charge on any atom is 0.221 e. The van der Waals surface area contributed by atoms with Crippen molar-refractivity contribution in [2.45, 2.75) is 12.5 Å². The fourth-order valence-corrected chi connectivity index (χ4v) is 2.51. The Morgan fingerprint density at radius 2 is 1.90 bits per heavy atom. The largest absolute Gasteiger partial charge is 0.477 e. The SMILES string of the molecule is Fc1cccc(Cl)c1C1=NC(c2ccccc2)CCO1. The molecular weight excluding hydrogens is 277 g/mol. The van der Waals surface area contributed by atoms with E-state index in [0.717, 1.165) is 12.0 Å². The van der Waals surface area contributed by atoms with Crippen molar-refractivity contribution in [2.24, 2.45) is 4.99 Å². The van der Waals surface area contributed by atoms with Crippen LogP contribution in [0.1, 0.15) is 23.6 Å². The lowest BCUT2D eigenvalue weighted by atomic mass is 10.0. The van der Waals surface area contributed by atoms with Crippen molar-refractivity contribution in [3.05, 3.63) is 70.5 Å². The standard InChI is InChI=1S/C16H13ClFNO/c17-12-7-4-8-13(18)15(12)16-19-14(9-10-20-16)11-5-2-1-3-6-11/h1-8,14H,9-10H2. The van der Waals surface area contributed by atoms with Crippen LogP contribution in [0.5, 0.6) is 0 Å². The summed E-state index contributed by atoms with van der Waals surface area (Å²) in [5.74, 6) is -0.127. The molecule has 0 bridgehead atoms. The molecule has 0 saturated heterocycles. The van der Waals surface area contributed by atoms with Crippen molar-refractivity contribution < 1.29 is 9.13 Å². The first-order valence-electron chi connectivity index (χ1n) is 6.45. The zero-order valence-corrected chi connectivity index (χ0v) is 11.5. The van der Waals surface area contributed by atoms with Crippen LogP contribution in [0.25, 0.3) is 0 Å². The second kappa shape index (κ2) is 5.63. The van der Waals surface area contributed by atoms with E-state index >= 15 is 0 Å². The van der Waals surface area contributed by atoms with E-state index in [2.05, 4.69) is 4.99 Å². The monoisotopic (exact) mass is 289 g/mol. The summed E-state index contributed by atoms with van der Waals surface area (Å²) in [5, 5.41) is 0.317. The van der Waals surface area contributed by atoms with E-state index < -0.39 is 5.82 Å². The summed E-state index contributed by atoms with van der Waals surface area (Å²) in [6.45, 7) is 0.503. The van der Waals surface area contributed by atoms with Gasteiger partial charge in [-0.1, -0.05) is 48.0 Å². The van der Waals surface area contributed by atoms with Crippen molar-refractivity contribution >= 4 is 17.5 Å². The van der Waals surface area contributed by atoms with Crippen LogP contribution in [-0.2, 0) is 4.74 Å². The minimum atomic E-state index is -0.412. The third kappa shape index (κ3) is 2.54. The maximum atomic E-state index is 13.9. The van der Waals surface area contributed by atoms with Gasteiger partial charge >= 0.3 is 0 Å². The second-order valence-electron chi connectivity index (χ2n) is 4.59. The Labute approximate surface area is 121 Å². The molecule has 0 N–H and O–H groups in total. The normalized spacial score (nSPS) is 18.3. The van der Waals surface area contributed by atoms with E-state index in [1.165, 1.54) is 6.07 Å². The van der Waals surface area contributed by atoms with Gasteiger partial charge in [0.2, 0.25) is 5.90 Å². The van der Waals surface area contributed by atoms with Gasteiger partial charge in [-0.15, -0.1) is 0 Å². The summed E-state index contributed by atoms with van der Waals surface area (Å²) < 4.78 is 19.4. The lowest BCUT2D eigenvalue weighted by molar-refractivity contribution is 0.261. The van der Waals surface area contributed by atoms with Crippen molar-refractivity contribution in [2.75, 3.05) is 6.61 Å². The lowest BCUT2D eigenvalue weighted by Crippen LogP contribution is -2.19. The van der Waals surface area contributed by atoms with Crippen LogP contribution in [0.15, 0.2) is 53.5 Å². The molecule has 1 unspecified atom stereocenters. The number of rotatable bonds is 2. The van der Waals surface area contributed by atoms with E-state index in [9.17, 15) is 4.39 Å².